The van der Waals surface area contributed by atoms with Crippen LogP contribution in [0.1, 0.15) is 20.6 Å². The van der Waals surface area contributed by atoms with Crippen LogP contribution in [0.3, 0.4) is 0 Å². The second kappa shape index (κ2) is 14.0. The van der Waals surface area contributed by atoms with Gasteiger partial charge in [0.15, 0.2) is 15.1 Å². The first-order valence-corrected chi connectivity index (χ1v) is 18.4. The fourth-order valence-corrected chi connectivity index (χ4v) is 8.50. The van der Waals surface area contributed by atoms with Crippen molar-refractivity contribution in [3.05, 3.63) is 53.0 Å². The predicted octanol–water partition coefficient (Wildman–Crippen LogP) is 0.629. The normalized spacial score (nSPS) is 17.4. The number of rotatable bonds is 11. The Kier molecular flexibility index (Phi) is 10.3. The molecule has 3 N–H and O–H groups in total. The molecule has 3 aromatic rings. The second-order valence-corrected chi connectivity index (χ2v) is 15.6. The third-order valence-electron chi connectivity index (χ3n) is 7.47. The van der Waals surface area contributed by atoms with E-state index in [0.29, 0.717) is 68.4 Å². The number of aromatic nitrogens is 1. The first-order valence-electron chi connectivity index (χ1n) is 14.2. The van der Waals surface area contributed by atoms with Gasteiger partial charge in [0.05, 0.1) is 48.1 Å². The quantitative estimate of drug-likeness (QED) is 0.295. The number of hydrogen-bond donors (Lipinski definition) is 2. The van der Waals surface area contributed by atoms with E-state index in [0.717, 1.165) is 22.5 Å². The van der Waals surface area contributed by atoms with Crippen molar-refractivity contribution >= 4 is 53.2 Å². The summed E-state index contributed by atoms with van der Waals surface area (Å²) >= 11 is 1.10. The van der Waals surface area contributed by atoms with E-state index in [-0.39, 0.29) is 29.8 Å². The molecule has 1 unspecified atom stereocenters. The summed E-state index contributed by atoms with van der Waals surface area (Å²) in [6.45, 7) is 4.24. The molecule has 0 saturated carbocycles. The van der Waals surface area contributed by atoms with Crippen LogP contribution in [-0.4, -0.2) is 121 Å². The van der Waals surface area contributed by atoms with Crippen LogP contribution in [0.15, 0.2) is 42.5 Å². The molecule has 0 aliphatic carbocycles. The number of ether oxygens (including phenoxy) is 2. The molecule has 2 fully saturated rings. The number of thiazole rings is 1. The van der Waals surface area contributed by atoms with E-state index in [1.54, 1.807) is 23.1 Å². The number of sulfone groups is 1. The zero-order valence-electron chi connectivity index (χ0n) is 24.0. The zero-order valence-corrected chi connectivity index (χ0v) is 26.5. The van der Waals surface area contributed by atoms with Crippen molar-refractivity contribution in [2.45, 2.75) is 5.25 Å². The smallest absolute Gasteiger partial charge is 0.254 e. The van der Waals surface area contributed by atoms with Crippen molar-refractivity contribution < 1.29 is 35.9 Å². The summed E-state index contributed by atoms with van der Waals surface area (Å²) in [6.07, 6.45) is 0. The highest BCUT2D eigenvalue weighted by atomic mass is 32.2. The molecule has 16 heteroatoms. The summed E-state index contributed by atoms with van der Waals surface area (Å²) in [5.41, 5.74) is 2.80. The van der Waals surface area contributed by atoms with Crippen LogP contribution < -0.4 is 10.5 Å². The fourth-order valence-electron chi connectivity index (χ4n) is 5.03. The van der Waals surface area contributed by atoms with Crippen molar-refractivity contribution in [1.82, 2.24) is 20.1 Å². The third-order valence-corrected chi connectivity index (χ3v) is 11.4. The summed E-state index contributed by atoms with van der Waals surface area (Å²) in [5.74, 6) is -1.71. The highest BCUT2D eigenvalue weighted by Crippen LogP contribution is 2.34. The van der Waals surface area contributed by atoms with Crippen LogP contribution in [0.25, 0.3) is 21.3 Å². The minimum Gasteiger partial charge on any atom is -0.379 e. The molecule has 2 aliphatic rings. The number of carbonyl (C=O) groups is 2. The lowest BCUT2D eigenvalue weighted by atomic mass is 10.0. The summed E-state index contributed by atoms with van der Waals surface area (Å²) < 4.78 is 61.3. The van der Waals surface area contributed by atoms with Crippen molar-refractivity contribution in [2.24, 2.45) is 5.14 Å². The third kappa shape index (κ3) is 8.18. The largest absolute Gasteiger partial charge is 0.379 e. The number of fused-ring (bicyclic) bond motifs is 1. The van der Waals surface area contributed by atoms with Gasteiger partial charge in [-0.3, -0.25) is 14.5 Å². The van der Waals surface area contributed by atoms with E-state index >= 15 is 0 Å². The number of hydrogen-bond acceptors (Lipinski definition) is 11. The van der Waals surface area contributed by atoms with Crippen molar-refractivity contribution in [2.75, 3.05) is 77.2 Å². The van der Waals surface area contributed by atoms with Crippen LogP contribution in [0.5, 0.6) is 0 Å². The van der Waals surface area contributed by atoms with Gasteiger partial charge in [0.1, 0.15) is 5.01 Å². The fraction of sp³-hybridized carbons (Fsp3) is 0.464. The molecule has 2 amide bonds. The summed E-state index contributed by atoms with van der Waals surface area (Å²) in [6, 6.07) is 12.7. The van der Waals surface area contributed by atoms with E-state index in [2.05, 4.69) is 10.3 Å². The van der Waals surface area contributed by atoms with Crippen molar-refractivity contribution in [1.29, 1.82) is 0 Å². The van der Waals surface area contributed by atoms with Gasteiger partial charge in [-0.1, -0.05) is 18.2 Å². The SMILES string of the molecule is NS(=O)(=O)CCNC(=O)C(c1nc2ccc(-c3ccc(C(=O)N4CCOCC4)cc3)cc2s1)S(=O)(=O)CCN1CCOCC1. The number of sulfonamides is 1. The Balaban J connectivity index is 1.38. The lowest BCUT2D eigenvalue weighted by molar-refractivity contribution is -0.120. The van der Waals surface area contributed by atoms with Crippen LogP contribution in [0, 0.1) is 0 Å². The molecule has 1 aromatic heterocycles. The molecule has 44 heavy (non-hydrogen) atoms. The minimum atomic E-state index is -4.04. The Morgan fingerprint density at radius 1 is 0.909 bits per heavy atom. The van der Waals surface area contributed by atoms with Gasteiger partial charge in [-0.25, -0.2) is 27.0 Å². The highest BCUT2D eigenvalue weighted by Gasteiger charge is 2.37. The molecule has 2 saturated heterocycles. The molecule has 0 bridgehead atoms. The van der Waals surface area contributed by atoms with E-state index in [9.17, 15) is 26.4 Å². The molecule has 2 aliphatic heterocycles. The Morgan fingerprint density at radius 2 is 1.55 bits per heavy atom. The topological polar surface area (TPSA) is 178 Å². The zero-order chi connectivity index (χ0) is 31.3. The second-order valence-electron chi connectivity index (χ2n) is 10.6. The number of nitrogens with zero attached hydrogens (tertiary/aromatic N) is 3. The van der Waals surface area contributed by atoms with Crippen LogP contribution in [-0.2, 0) is 34.1 Å². The summed E-state index contributed by atoms with van der Waals surface area (Å²) in [7, 11) is -7.90. The summed E-state index contributed by atoms with van der Waals surface area (Å²) in [4.78, 5) is 34.3. The molecule has 3 heterocycles. The molecule has 1 atom stereocenters. The lowest BCUT2D eigenvalue weighted by Crippen LogP contribution is -2.42. The first-order chi connectivity index (χ1) is 21.0. The maximum Gasteiger partial charge on any atom is 0.254 e. The monoisotopic (exact) mass is 665 g/mol. The average Bonchev–Trinajstić information content (AvgIpc) is 3.42. The summed E-state index contributed by atoms with van der Waals surface area (Å²) in [5, 5.41) is 5.95. The Labute approximate surface area is 260 Å². The first kappa shape index (κ1) is 32.4. The van der Waals surface area contributed by atoms with Gasteiger partial charge in [0, 0.05) is 44.8 Å². The number of morpholine rings is 2. The van der Waals surface area contributed by atoms with E-state index in [4.69, 9.17) is 14.6 Å². The van der Waals surface area contributed by atoms with Gasteiger partial charge in [-0.15, -0.1) is 11.3 Å². The van der Waals surface area contributed by atoms with Gasteiger partial charge in [-0.05, 0) is 35.4 Å². The van der Waals surface area contributed by atoms with Gasteiger partial charge in [-0.2, -0.15) is 0 Å². The van der Waals surface area contributed by atoms with Crippen molar-refractivity contribution in [3.8, 4) is 11.1 Å². The van der Waals surface area contributed by atoms with Gasteiger partial charge in [0.25, 0.3) is 5.91 Å². The number of primary sulfonamides is 1. The maximum absolute atomic E-state index is 13.6. The van der Waals surface area contributed by atoms with E-state index in [1.807, 2.05) is 29.2 Å². The number of nitrogens with two attached hydrogens (primary N) is 1. The Morgan fingerprint density at radius 3 is 2.20 bits per heavy atom. The molecule has 13 nitrogen and oxygen atoms in total. The van der Waals surface area contributed by atoms with Crippen LogP contribution >= 0.6 is 11.3 Å². The molecular formula is C28H35N5O8S3. The molecular weight excluding hydrogens is 631 g/mol. The standard InChI is InChI=1S/C28H35N5O8S3/c29-44(38,39)17-7-30-26(34)25(43(36,37)18-12-32-8-13-40-14-9-32)27-31-23-6-5-22(19-24(23)42-27)20-1-3-21(4-2-20)28(35)33-10-15-41-16-11-33/h1-6,19,25H,7-18H2,(H,30,34)(H2,29,38,39). The average molecular weight is 666 g/mol. The lowest BCUT2D eigenvalue weighted by Gasteiger charge is -2.27. The van der Waals surface area contributed by atoms with Gasteiger partial charge in [0.2, 0.25) is 15.9 Å². The number of carbonyl (C=O) groups excluding carboxylic acids is 2. The van der Waals surface area contributed by atoms with Crippen LogP contribution in [0.4, 0.5) is 0 Å². The predicted molar refractivity (Wildman–Crippen MR) is 167 cm³/mol. The molecule has 5 rings (SSSR count). The molecule has 0 radical (unpaired) electrons. The van der Waals surface area contributed by atoms with Gasteiger partial charge >= 0.3 is 0 Å². The molecule has 238 valence electrons. The Hall–Kier alpha value is -2.99. The maximum atomic E-state index is 13.6. The Bertz CT molecular complexity index is 1700. The van der Waals surface area contributed by atoms with E-state index < -0.39 is 36.8 Å². The molecule has 0 spiro atoms. The number of nitrogens with one attached hydrogen (secondary N) is 1. The van der Waals surface area contributed by atoms with Crippen molar-refractivity contribution in [3.63, 3.8) is 0 Å². The van der Waals surface area contributed by atoms with Gasteiger partial charge < -0.3 is 19.7 Å². The minimum absolute atomic E-state index is 0.0504. The molecule has 2 aromatic carbocycles. The van der Waals surface area contributed by atoms with Crippen LogP contribution in [0.2, 0.25) is 0 Å². The number of amides is 2. The number of benzene rings is 2. The highest BCUT2D eigenvalue weighted by molar-refractivity contribution is 7.92. The van der Waals surface area contributed by atoms with E-state index in [1.165, 1.54) is 0 Å².